The molecule has 0 saturated heterocycles. The van der Waals surface area contributed by atoms with Gasteiger partial charge in [-0.15, -0.1) is 0 Å². The molecule has 0 heteroatoms. The zero-order valence-corrected chi connectivity index (χ0v) is 8.62. The summed E-state index contributed by atoms with van der Waals surface area (Å²) in [6.07, 6.45) is 6.78. The zero-order chi connectivity index (χ0) is 9.76. The summed E-state index contributed by atoms with van der Waals surface area (Å²) in [7, 11) is 0. The molecule has 0 spiro atoms. The van der Waals surface area contributed by atoms with Gasteiger partial charge in [-0.3, -0.25) is 0 Å². The Hall–Kier alpha value is -1.30. The van der Waals surface area contributed by atoms with Crippen LogP contribution in [0.25, 0.3) is 0 Å². The summed E-state index contributed by atoms with van der Waals surface area (Å²) in [6.45, 7) is 4.65. The molecule has 0 aliphatic heterocycles. The Morgan fingerprint density at radius 1 is 1.14 bits per heavy atom. The second kappa shape index (κ2) is 2.38. The fraction of sp³-hybridized carbons (Fsp3) is 0.286. The van der Waals surface area contributed by atoms with Gasteiger partial charge in [0.05, 0.1) is 0 Å². The lowest BCUT2D eigenvalue weighted by Crippen LogP contribution is -2.15. The van der Waals surface area contributed by atoms with Crippen LogP contribution in [0.2, 0.25) is 0 Å². The van der Waals surface area contributed by atoms with Gasteiger partial charge in [-0.1, -0.05) is 56.3 Å². The van der Waals surface area contributed by atoms with Crippen LogP contribution in [-0.4, -0.2) is 0 Å². The summed E-state index contributed by atoms with van der Waals surface area (Å²) >= 11 is 0. The molecular weight excluding hydrogens is 168 g/mol. The Balaban J connectivity index is 2.31. The Labute approximate surface area is 85.0 Å². The number of allylic oxidation sites excluding steroid dienone is 4. The van der Waals surface area contributed by atoms with Crippen molar-refractivity contribution in [3.05, 3.63) is 59.2 Å². The van der Waals surface area contributed by atoms with Gasteiger partial charge < -0.3 is 0 Å². The van der Waals surface area contributed by atoms with Gasteiger partial charge in [-0.05, 0) is 16.7 Å². The van der Waals surface area contributed by atoms with E-state index in [0.29, 0.717) is 5.92 Å². The molecule has 2 aliphatic carbocycles. The third kappa shape index (κ3) is 0.790. The topological polar surface area (TPSA) is 0 Å². The molecule has 0 heterocycles. The SMILES string of the molecule is CC1(C)C2=CC=CC2c2ccccc21. The first-order chi connectivity index (χ1) is 6.71. The largest absolute Gasteiger partial charge is 0.0729 e. The van der Waals surface area contributed by atoms with Crippen molar-refractivity contribution in [1.82, 2.24) is 0 Å². The minimum atomic E-state index is 0.227. The first kappa shape index (κ1) is 8.05. The van der Waals surface area contributed by atoms with Gasteiger partial charge >= 0.3 is 0 Å². The van der Waals surface area contributed by atoms with E-state index in [0.717, 1.165) is 0 Å². The van der Waals surface area contributed by atoms with Crippen LogP contribution in [0.4, 0.5) is 0 Å². The first-order valence-electron chi connectivity index (χ1n) is 5.19. The van der Waals surface area contributed by atoms with Gasteiger partial charge in [-0.2, -0.15) is 0 Å². The highest BCUT2D eigenvalue weighted by Gasteiger charge is 2.40. The van der Waals surface area contributed by atoms with Crippen LogP contribution < -0.4 is 0 Å². The van der Waals surface area contributed by atoms with Crippen molar-refractivity contribution < 1.29 is 0 Å². The summed E-state index contributed by atoms with van der Waals surface area (Å²) < 4.78 is 0. The third-order valence-corrected chi connectivity index (χ3v) is 3.61. The van der Waals surface area contributed by atoms with E-state index in [2.05, 4.69) is 56.3 Å². The fourth-order valence-electron chi connectivity index (χ4n) is 2.84. The minimum absolute atomic E-state index is 0.227. The molecule has 14 heavy (non-hydrogen) atoms. The molecule has 0 aromatic heterocycles. The second-order valence-corrected chi connectivity index (χ2v) is 4.70. The molecule has 1 aromatic carbocycles. The summed E-state index contributed by atoms with van der Waals surface area (Å²) in [5, 5.41) is 0. The molecule has 3 rings (SSSR count). The number of hydrogen-bond acceptors (Lipinski definition) is 0. The van der Waals surface area contributed by atoms with E-state index in [1.807, 2.05) is 0 Å². The molecule has 1 aromatic rings. The van der Waals surface area contributed by atoms with E-state index < -0.39 is 0 Å². The normalized spacial score (nSPS) is 25.9. The quantitative estimate of drug-likeness (QED) is 0.575. The predicted octanol–water partition coefficient (Wildman–Crippen LogP) is 3.56. The van der Waals surface area contributed by atoms with Crippen molar-refractivity contribution in [3.8, 4) is 0 Å². The highest BCUT2D eigenvalue weighted by Crippen LogP contribution is 2.52. The Bertz CT molecular complexity index is 447. The Kier molecular flexibility index (Phi) is 1.37. The van der Waals surface area contributed by atoms with Crippen LogP contribution in [0.1, 0.15) is 30.9 Å². The van der Waals surface area contributed by atoms with Crippen molar-refractivity contribution >= 4 is 0 Å². The average Bonchev–Trinajstić information content (AvgIpc) is 2.72. The third-order valence-electron chi connectivity index (χ3n) is 3.61. The van der Waals surface area contributed by atoms with Gasteiger partial charge in [0, 0.05) is 11.3 Å². The number of fused-ring (bicyclic) bond motifs is 3. The molecule has 1 unspecified atom stereocenters. The van der Waals surface area contributed by atoms with Gasteiger partial charge in [0.1, 0.15) is 0 Å². The monoisotopic (exact) mass is 182 g/mol. The Morgan fingerprint density at radius 2 is 1.93 bits per heavy atom. The molecule has 0 fully saturated rings. The van der Waals surface area contributed by atoms with Gasteiger partial charge in [0.2, 0.25) is 0 Å². The first-order valence-corrected chi connectivity index (χ1v) is 5.19. The summed E-state index contributed by atoms with van der Waals surface area (Å²) in [4.78, 5) is 0. The maximum absolute atomic E-state index is 2.32. The fourth-order valence-corrected chi connectivity index (χ4v) is 2.84. The van der Waals surface area contributed by atoms with Crippen LogP contribution in [0.5, 0.6) is 0 Å². The van der Waals surface area contributed by atoms with Crippen molar-refractivity contribution in [2.45, 2.75) is 25.2 Å². The maximum Gasteiger partial charge on any atom is 0.0246 e. The van der Waals surface area contributed by atoms with E-state index in [9.17, 15) is 0 Å². The zero-order valence-electron chi connectivity index (χ0n) is 8.62. The van der Waals surface area contributed by atoms with Crippen LogP contribution in [0.3, 0.4) is 0 Å². The van der Waals surface area contributed by atoms with Crippen LogP contribution in [0.15, 0.2) is 48.1 Å². The summed E-state index contributed by atoms with van der Waals surface area (Å²) in [6, 6.07) is 8.82. The summed E-state index contributed by atoms with van der Waals surface area (Å²) in [5.41, 5.74) is 4.78. The molecule has 0 bridgehead atoms. The van der Waals surface area contributed by atoms with Crippen LogP contribution in [0, 0.1) is 0 Å². The number of rotatable bonds is 0. The van der Waals surface area contributed by atoms with Crippen LogP contribution in [-0.2, 0) is 5.41 Å². The predicted molar refractivity (Wildman–Crippen MR) is 59.4 cm³/mol. The van der Waals surface area contributed by atoms with Gasteiger partial charge in [0.15, 0.2) is 0 Å². The molecule has 0 radical (unpaired) electrons. The molecule has 2 aliphatic rings. The lowest BCUT2D eigenvalue weighted by atomic mass is 9.82. The molecule has 70 valence electrons. The highest BCUT2D eigenvalue weighted by molar-refractivity contribution is 5.59. The molecule has 1 atom stereocenters. The minimum Gasteiger partial charge on any atom is -0.0729 e. The molecule has 0 amide bonds. The average molecular weight is 182 g/mol. The molecule has 0 N–H and O–H groups in total. The molecular formula is C14H14. The lowest BCUT2D eigenvalue weighted by molar-refractivity contribution is 0.638. The van der Waals surface area contributed by atoms with E-state index in [4.69, 9.17) is 0 Å². The maximum atomic E-state index is 2.32. The Morgan fingerprint density at radius 3 is 2.79 bits per heavy atom. The number of hydrogen-bond donors (Lipinski definition) is 0. The van der Waals surface area contributed by atoms with Crippen LogP contribution >= 0.6 is 0 Å². The van der Waals surface area contributed by atoms with E-state index in [1.165, 1.54) is 11.1 Å². The van der Waals surface area contributed by atoms with E-state index in [-0.39, 0.29) is 5.41 Å². The van der Waals surface area contributed by atoms with Crippen molar-refractivity contribution in [1.29, 1.82) is 0 Å². The summed E-state index contributed by atoms with van der Waals surface area (Å²) in [5.74, 6) is 0.557. The van der Waals surface area contributed by atoms with Gasteiger partial charge in [0.25, 0.3) is 0 Å². The standard InChI is InChI=1S/C14H14/c1-14(2)12-8-4-3-6-10(12)11-7-5-9-13(11)14/h3-9,11H,1-2H3. The lowest BCUT2D eigenvalue weighted by Gasteiger charge is -2.21. The van der Waals surface area contributed by atoms with Crippen molar-refractivity contribution in [2.24, 2.45) is 0 Å². The molecule has 0 nitrogen and oxygen atoms in total. The van der Waals surface area contributed by atoms with Crippen molar-refractivity contribution in [3.63, 3.8) is 0 Å². The molecule has 0 saturated carbocycles. The smallest absolute Gasteiger partial charge is 0.0246 e. The second-order valence-electron chi connectivity index (χ2n) is 4.70. The highest BCUT2D eigenvalue weighted by atomic mass is 14.4. The number of benzene rings is 1. The van der Waals surface area contributed by atoms with Crippen molar-refractivity contribution in [2.75, 3.05) is 0 Å². The van der Waals surface area contributed by atoms with E-state index >= 15 is 0 Å². The van der Waals surface area contributed by atoms with E-state index in [1.54, 1.807) is 5.57 Å². The van der Waals surface area contributed by atoms with Gasteiger partial charge in [-0.25, -0.2) is 0 Å².